The lowest BCUT2D eigenvalue weighted by Gasteiger charge is -2.22. The second-order valence-corrected chi connectivity index (χ2v) is 6.50. The number of carbonyl (C=O) groups excluding carboxylic acids is 2. The predicted octanol–water partition coefficient (Wildman–Crippen LogP) is 2.89. The Morgan fingerprint density at radius 3 is 2.63 bits per heavy atom. The number of cyclic esters (lactones) is 1. The fourth-order valence-electron chi connectivity index (χ4n) is 3.32. The number of para-hydroxylation sites is 1. The number of aromatic nitrogens is 2. The molecule has 27 heavy (non-hydrogen) atoms. The van der Waals surface area contributed by atoms with Gasteiger partial charge in [-0.1, -0.05) is 34.8 Å². The molecular weight excluding hydrogens is 351 g/mol. The number of hydrogen-bond acceptors (Lipinski definition) is 4. The van der Waals surface area contributed by atoms with Gasteiger partial charge in [-0.25, -0.2) is 9.48 Å². The molecule has 0 radical (unpaired) electrons. The number of amides is 2. The second-order valence-electron chi connectivity index (χ2n) is 6.50. The van der Waals surface area contributed by atoms with Crippen molar-refractivity contribution in [2.45, 2.75) is 19.1 Å². The topological polar surface area (TPSA) is 90.5 Å². The molecule has 3 atom stereocenters. The van der Waals surface area contributed by atoms with Gasteiger partial charge in [-0.05, 0) is 30.7 Å². The molecular formula is C19H17FN4O3. The first-order chi connectivity index (χ1) is 13.0. The Morgan fingerprint density at radius 1 is 1.22 bits per heavy atom. The van der Waals surface area contributed by atoms with Crippen LogP contribution >= 0.6 is 0 Å². The van der Waals surface area contributed by atoms with Crippen molar-refractivity contribution in [1.82, 2.24) is 14.9 Å². The zero-order valence-electron chi connectivity index (χ0n) is 14.4. The van der Waals surface area contributed by atoms with E-state index in [0.717, 1.165) is 16.6 Å². The molecule has 4 rings (SSSR count). The van der Waals surface area contributed by atoms with Gasteiger partial charge in [0.25, 0.3) is 0 Å². The third-order valence-electron chi connectivity index (χ3n) is 4.86. The molecule has 1 fully saturated rings. The maximum absolute atomic E-state index is 14.3. The number of primary amides is 1. The lowest BCUT2D eigenvalue weighted by Crippen LogP contribution is -2.35. The Morgan fingerprint density at radius 2 is 1.93 bits per heavy atom. The molecule has 0 spiro atoms. The number of benzene rings is 2. The first kappa shape index (κ1) is 17.0. The van der Waals surface area contributed by atoms with Crippen LogP contribution in [0.1, 0.15) is 18.5 Å². The monoisotopic (exact) mass is 368 g/mol. The van der Waals surface area contributed by atoms with E-state index < -0.39 is 30.1 Å². The van der Waals surface area contributed by atoms with Crippen molar-refractivity contribution in [3.8, 4) is 5.69 Å². The summed E-state index contributed by atoms with van der Waals surface area (Å²) in [5.74, 6) is -1.48. The lowest BCUT2D eigenvalue weighted by atomic mass is 9.92. The molecule has 8 heteroatoms. The molecule has 1 saturated heterocycles. The molecule has 3 unspecified atom stereocenters. The SMILES string of the molecule is CC(C(N)=O)C1OC(=O)N(F)C1c1ccc(-n2ncc3ccccc32)cc1. The maximum atomic E-state index is 14.3. The van der Waals surface area contributed by atoms with Crippen molar-refractivity contribution >= 4 is 22.9 Å². The van der Waals surface area contributed by atoms with Crippen LogP contribution in [0.2, 0.25) is 0 Å². The van der Waals surface area contributed by atoms with E-state index in [1.165, 1.54) is 6.92 Å². The zero-order valence-corrected chi connectivity index (χ0v) is 14.4. The van der Waals surface area contributed by atoms with Crippen LogP contribution in [0.4, 0.5) is 9.28 Å². The normalized spacial score (nSPS) is 20.7. The maximum Gasteiger partial charge on any atom is 0.439 e. The minimum absolute atomic E-state index is 0.00240. The van der Waals surface area contributed by atoms with Crippen LogP contribution in [-0.4, -0.2) is 33.0 Å². The highest BCUT2D eigenvalue weighted by Crippen LogP contribution is 2.37. The number of ether oxygens (including phenoxy) is 1. The van der Waals surface area contributed by atoms with E-state index >= 15 is 0 Å². The number of nitrogens with zero attached hydrogens (tertiary/aromatic N) is 3. The van der Waals surface area contributed by atoms with Gasteiger partial charge in [0.1, 0.15) is 12.1 Å². The van der Waals surface area contributed by atoms with Gasteiger partial charge < -0.3 is 10.5 Å². The van der Waals surface area contributed by atoms with E-state index in [0.29, 0.717) is 5.56 Å². The van der Waals surface area contributed by atoms with Crippen molar-refractivity contribution in [2.24, 2.45) is 11.7 Å². The average Bonchev–Trinajstić information content (AvgIpc) is 3.23. The Balaban J connectivity index is 1.68. The fourth-order valence-corrected chi connectivity index (χ4v) is 3.32. The average molecular weight is 368 g/mol. The number of rotatable bonds is 4. The molecule has 2 amide bonds. The van der Waals surface area contributed by atoms with Crippen LogP contribution in [0, 0.1) is 5.92 Å². The van der Waals surface area contributed by atoms with Gasteiger partial charge in [-0.15, -0.1) is 5.12 Å². The third-order valence-corrected chi connectivity index (χ3v) is 4.86. The molecule has 138 valence electrons. The van der Waals surface area contributed by atoms with Crippen molar-refractivity contribution in [3.05, 3.63) is 60.3 Å². The molecule has 0 saturated carbocycles. The largest absolute Gasteiger partial charge is 0.441 e. The van der Waals surface area contributed by atoms with Gasteiger partial charge in [0.2, 0.25) is 5.91 Å². The Labute approximate surface area is 154 Å². The molecule has 0 bridgehead atoms. The second kappa shape index (κ2) is 6.39. The summed E-state index contributed by atoms with van der Waals surface area (Å²) in [6.07, 6.45) is -0.350. The first-order valence-corrected chi connectivity index (χ1v) is 8.45. The van der Waals surface area contributed by atoms with Gasteiger partial charge in [-0.2, -0.15) is 5.10 Å². The highest BCUT2D eigenvalue weighted by Gasteiger charge is 2.47. The minimum Gasteiger partial charge on any atom is -0.441 e. The Kier molecular flexibility index (Phi) is 4.02. The third kappa shape index (κ3) is 2.79. The highest BCUT2D eigenvalue weighted by molar-refractivity contribution is 5.80. The minimum atomic E-state index is -1.12. The van der Waals surface area contributed by atoms with Gasteiger partial charge in [0.05, 0.1) is 23.3 Å². The summed E-state index contributed by atoms with van der Waals surface area (Å²) in [5, 5.41) is 5.38. The van der Waals surface area contributed by atoms with E-state index in [4.69, 9.17) is 10.5 Å². The summed E-state index contributed by atoms with van der Waals surface area (Å²) < 4.78 is 21.1. The quantitative estimate of drug-likeness (QED) is 0.717. The fraction of sp³-hybridized carbons (Fsp3) is 0.211. The summed E-state index contributed by atoms with van der Waals surface area (Å²) in [5.41, 5.74) is 7.54. The molecule has 1 aliphatic heterocycles. The molecule has 2 N–H and O–H groups in total. The highest BCUT2D eigenvalue weighted by atomic mass is 19.2. The van der Waals surface area contributed by atoms with E-state index in [-0.39, 0.29) is 5.12 Å². The molecule has 7 nitrogen and oxygen atoms in total. The standard InChI is InChI=1S/C19H17FN4O3/c1-11(18(21)25)17-16(23(20)19(26)27-17)12-6-8-14(9-7-12)24-15-5-3-2-4-13(15)10-22-24/h2-11,16-17H,1H3,(H2,21,25). The van der Waals surface area contributed by atoms with Crippen LogP contribution in [-0.2, 0) is 9.53 Å². The summed E-state index contributed by atoms with van der Waals surface area (Å²) in [4.78, 5) is 23.1. The van der Waals surface area contributed by atoms with Gasteiger partial charge in [-0.3, -0.25) is 4.79 Å². The van der Waals surface area contributed by atoms with Crippen molar-refractivity contribution in [1.29, 1.82) is 0 Å². The van der Waals surface area contributed by atoms with E-state index in [9.17, 15) is 14.1 Å². The number of hydrogen-bond donors (Lipinski definition) is 1. The van der Waals surface area contributed by atoms with Crippen molar-refractivity contribution < 1.29 is 18.8 Å². The predicted molar refractivity (Wildman–Crippen MR) is 95.4 cm³/mol. The van der Waals surface area contributed by atoms with Crippen LogP contribution in [0.3, 0.4) is 0 Å². The molecule has 2 aromatic carbocycles. The molecule has 1 aliphatic rings. The number of carbonyl (C=O) groups is 2. The first-order valence-electron chi connectivity index (χ1n) is 8.45. The lowest BCUT2D eigenvalue weighted by molar-refractivity contribution is -0.124. The zero-order chi connectivity index (χ0) is 19.1. The summed E-state index contributed by atoms with van der Waals surface area (Å²) in [7, 11) is 0. The van der Waals surface area contributed by atoms with Crippen molar-refractivity contribution in [2.75, 3.05) is 0 Å². The van der Waals surface area contributed by atoms with E-state index in [2.05, 4.69) is 5.10 Å². The number of nitrogens with two attached hydrogens (primary N) is 1. The molecule has 0 aliphatic carbocycles. The van der Waals surface area contributed by atoms with Crippen molar-refractivity contribution in [3.63, 3.8) is 0 Å². The molecule has 1 aromatic heterocycles. The summed E-state index contributed by atoms with van der Waals surface area (Å²) in [6.45, 7) is 1.51. The summed E-state index contributed by atoms with van der Waals surface area (Å²) >= 11 is 0. The number of halogens is 1. The van der Waals surface area contributed by atoms with Crippen LogP contribution in [0.25, 0.3) is 16.6 Å². The molecule has 3 aromatic rings. The van der Waals surface area contributed by atoms with Crippen LogP contribution in [0.5, 0.6) is 0 Å². The number of fused-ring (bicyclic) bond motifs is 1. The van der Waals surface area contributed by atoms with Gasteiger partial charge in [0, 0.05) is 5.39 Å². The van der Waals surface area contributed by atoms with E-state index in [1.54, 1.807) is 35.1 Å². The Bertz CT molecular complexity index is 1020. The smallest absolute Gasteiger partial charge is 0.439 e. The van der Waals surface area contributed by atoms with E-state index in [1.807, 2.05) is 24.3 Å². The van der Waals surface area contributed by atoms with Gasteiger partial charge >= 0.3 is 6.09 Å². The van der Waals surface area contributed by atoms with Crippen LogP contribution < -0.4 is 5.73 Å². The molecule has 2 heterocycles. The van der Waals surface area contributed by atoms with Gasteiger partial charge in [0.15, 0.2) is 0 Å². The Hall–Kier alpha value is -3.42. The summed E-state index contributed by atoms with van der Waals surface area (Å²) in [6, 6.07) is 13.7. The van der Waals surface area contributed by atoms with Crippen LogP contribution in [0.15, 0.2) is 54.7 Å².